The van der Waals surface area contributed by atoms with Gasteiger partial charge in [0, 0.05) is 22.8 Å². The average Bonchev–Trinajstić information content (AvgIpc) is 2.94. The van der Waals surface area contributed by atoms with Crippen LogP contribution in [0.3, 0.4) is 0 Å². The molecule has 0 atom stereocenters. The lowest BCUT2D eigenvalue weighted by atomic mass is 10.1. The van der Waals surface area contributed by atoms with E-state index in [1.165, 1.54) is 6.33 Å². The Morgan fingerprint density at radius 3 is 2.80 bits per heavy atom. The Hall–Kier alpha value is -3.29. The normalized spacial score (nSPS) is 12.8. The molecule has 1 aromatic heterocycles. The standard InChI is InChI=1S/C21H16Cl2N4O3/c22-13-2-1-3-15(9-13)30-18-5-4-14(10-17(18)23)27-20-16-8-12(21(28)29)6-7-24-19(16)25-11-26-20/h1-5,8-11H,6-7H2,(H,28,29)(H2,24,25,26,27). The van der Waals surface area contributed by atoms with Gasteiger partial charge in [-0.2, -0.15) is 0 Å². The van der Waals surface area contributed by atoms with Crippen LogP contribution in [-0.2, 0) is 4.79 Å². The summed E-state index contributed by atoms with van der Waals surface area (Å²) in [6.07, 6.45) is 3.37. The van der Waals surface area contributed by atoms with Crippen LogP contribution in [0.1, 0.15) is 12.0 Å². The average molecular weight is 443 g/mol. The van der Waals surface area contributed by atoms with Gasteiger partial charge < -0.3 is 20.5 Å². The number of aromatic nitrogens is 2. The van der Waals surface area contributed by atoms with Gasteiger partial charge in [0.15, 0.2) is 0 Å². The highest BCUT2D eigenvalue weighted by Gasteiger charge is 2.18. The van der Waals surface area contributed by atoms with Gasteiger partial charge in [-0.15, -0.1) is 0 Å². The van der Waals surface area contributed by atoms with E-state index in [9.17, 15) is 9.90 Å². The van der Waals surface area contributed by atoms with Crippen LogP contribution in [0.5, 0.6) is 11.5 Å². The Morgan fingerprint density at radius 2 is 2.03 bits per heavy atom. The molecule has 0 saturated heterocycles. The van der Waals surface area contributed by atoms with Crippen LogP contribution in [0.25, 0.3) is 6.08 Å². The summed E-state index contributed by atoms with van der Waals surface area (Å²) in [4.78, 5) is 19.9. The topological polar surface area (TPSA) is 96.4 Å². The zero-order chi connectivity index (χ0) is 21.1. The molecule has 0 unspecified atom stereocenters. The number of ether oxygens (including phenoxy) is 1. The fourth-order valence-corrected chi connectivity index (χ4v) is 3.36. The first-order valence-electron chi connectivity index (χ1n) is 9.02. The first kappa shape index (κ1) is 20.0. The van der Waals surface area contributed by atoms with Crippen LogP contribution in [-0.4, -0.2) is 27.6 Å². The summed E-state index contributed by atoms with van der Waals surface area (Å²) in [6, 6.07) is 12.2. The minimum atomic E-state index is -0.968. The van der Waals surface area contributed by atoms with Gasteiger partial charge in [-0.05, 0) is 48.9 Å². The number of benzene rings is 2. The van der Waals surface area contributed by atoms with Crippen molar-refractivity contribution in [3.05, 3.63) is 70.0 Å². The molecule has 0 fully saturated rings. The second-order valence-corrected chi connectivity index (χ2v) is 7.31. The third-order valence-electron chi connectivity index (χ3n) is 4.38. The second-order valence-electron chi connectivity index (χ2n) is 6.47. The number of nitrogens with zero attached hydrogens (tertiary/aromatic N) is 2. The van der Waals surface area contributed by atoms with Crippen LogP contribution < -0.4 is 15.4 Å². The molecule has 0 amide bonds. The van der Waals surface area contributed by atoms with Gasteiger partial charge in [0.05, 0.1) is 10.6 Å². The van der Waals surface area contributed by atoms with Crippen LogP contribution in [0.15, 0.2) is 54.4 Å². The van der Waals surface area contributed by atoms with Gasteiger partial charge in [-0.3, -0.25) is 0 Å². The van der Waals surface area contributed by atoms with Crippen molar-refractivity contribution in [1.29, 1.82) is 0 Å². The molecule has 3 N–H and O–H groups in total. The van der Waals surface area contributed by atoms with Crippen LogP contribution in [0, 0.1) is 0 Å². The van der Waals surface area contributed by atoms with Crippen LogP contribution in [0.2, 0.25) is 10.0 Å². The van der Waals surface area contributed by atoms with E-state index in [0.29, 0.717) is 57.4 Å². The number of carbonyl (C=O) groups is 1. The van der Waals surface area contributed by atoms with E-state index in [2.05, 4.69) is 20.6 Å². The molecule has 2 heterocycles. The molecule has 9 heteroatoms. The SMILES string of the molecule is O=C(O)C1=Cc2c(ncnc2Nc2ccc(Oc3cccc(Cl)c3)c(Cl)c2)NCC1. The lowest BCUT2D eigenvalue weighted by Crippen LogP contribution is -2.06. The summed E-state index contributed by atoms with van der Waals surface area (Å²) in [7, 11) is 0. The lowest BCUT2D eigenvalue weighted by Gasteiger charge is -2.13. The Labute approximate surface area is 182 Å². The van der Waals surface area contributed by atoms with Crippen molar-refractivity contribution < 1.29 is 14.6 Å². The highest BCUT2D eigenvalue weighted by Crippen LogP contribution is 2.34. The molecule has 30 heavy (non-hydrogen) atoms. The molecule has 0 bridgehead atoms. The first-order valence-corrected chi connectivity index (χ1v) is 9.78. The number of aliphatic carboxylic acids is 1. The number of anilines is 3. The van der Waals surface area contributed by atoms with Gasteiger partial charge in [-0.1, -0.05) is 29.3 Å². The third-order valence-corrected chi connectivity index (χ3v) is 4.91. The smallest absolute Gasteiger partial charge is 0.331 e. The molecular weight excluding hydrogens is 427 g/mol. The predicted octanol–water partition coefficient (Wildman–Crippen LogP) is 5.60. The van der Waals surface area contributed by atoms with Crippen molar-refractivity contribution in [1.82, 2.24) is 9.97 Å². The maximum absolute atomic E-state index is 11.4. The van der Waals surface area contributed by atoms with Gasteiger partial charge in [-0.25, -0.2) is 14.8 Å². The highest BCUT2D eigenvalue weighted by atomic mass is 35.5. The van der Waals surface area contributed by atoms with E-state index in [1.54, 1.807) is 48.5 Å². The number of rotatable bonds is 5. The summed E-state index contributed by atoms with van der Waals surface area (Å²) >= 11 is 12.4. The van der Waals surface area contributed by atoms with E-state index >= 15 is 0 Å². The lowest BCUT2D eigenvalue weighted by molar-refractivity contribution is -0.132. The quantitative estimate of drug-likeness (QED) is 0.472. The zero-order valence-corrected chi connectivity index (χ0v) is 17.0. The Morgan fingerprint density at radius 1 is 1.17 bits per heavy atom. The number of halogens is 2. The molecule has 152 valence electrons. The zero-order valence-electron chi connectivity index (χ0n) is 15.5. The fraction of sp³-hybridized carbons (Fsp3) is 0.0952. The third kappa shape index (κ3) is 4.48. The van der Waals surface area contributed by atoms with Gasteiger partial charge in [0.25, 0.3) is 0 Å². The van der Waals surface area contributed by atoms with E-state index < -0.39 is 5.97 Å². The fourth-order valence-electron chi connectivity index (χ4n) is 2.96. The number of hydrogen-bond acceptors (Lipinski definition) is 6. The van der Waals surface area contributed by atoms with Crippen molar-refractivity contribution in [2.75, 3.05) is 17.2 Å². The van der Waals surface area contributed by atoms with Gasteiger partial charge in [0.2, 0.25) is 0 Å². The molecule has 0 spiro atoms. The van der Waals surface area contributed by atoms with Gasteiger partial charge >= 0.3 is 5.97 Å². The monoisotopic (exact) mass is 442 g/mol. The maximum Gasteiger partial charge on any atom is 0.331 e. The van der Waals surface area contributed by atoms with Crippen molar-refractivity contribution in [3.8, 4) is 11.5 Å². The molecule has 2 aromatic carbocycles. The van der Waals surface area contributed by atoms with Crippen molar-refractivity contribution in [3.63, 3.8) is 0 Å². The van der Waals surface area contributed by atoms with Crippen molar-refractivity contribution in [2.24, 2.45) is 0 Å². The summed E-state index contributed by atoms with van der Waals surface area (Å²) in [5.74, 6) is 1.11. The molecule has 0 radical (unpaired) electrons. The molecule has 3 aromatic rings. The number of fused-ring (bicyclic) bond motifs is 1. The van der Waals surface area contributed by atoms with E-state index in [-0.39, 0.29) is 5.57 Å². The molecular formula is C21H16Cl2N4O3. The number of nitrogens with one attached hydrogen (secondary N) is 2. The van der Waals surface area contributed by atoms with Crippen LogP contribution in [0.4, 0.5) is 17.3 Å². The minimum absolute atomic E-state index is 0.280. The van der Waals surface area contributed by atoms with Crippen molar-refractivity contribution in [2.45, 2.75) is 6.42 Å². The summed E-state index contributed by atoms with van der Waals surface area (Å²) < 4.78 is 5.79. The highest BCUT2D eigenvalue weighted by molar-refractivity contribution is 6.32. The Kier molecular flexibility index (Phi) is 5.74. The second kappa shape index (κ2) is 8.61. The Bertz CT molecular complexity index is 1150. The maximum atomic E-state index is 11.4. The van der Waals surface area contributed by atoms with Crippen molar-refractivity contribution >= 4 is 52.6 Å². The molecule has 4 rings (SSSR count). The largest absolute Gasteiger partial charge is 0.478 e. The molecule has 1 aliphatic rings. The van der Waals surface area contributed by atoms with Gasteiger partial charge in [0.1, 0.15) is 29.5 Å². The number of hydrogen-bond donors (Lipinski definition) is 3. The summed E-state index contributed by atoms with van der Waals surface area (Å²) in [5.41, 5.74) is 1.51. The van der Waals surface area contributed by atoms with Crippen LogP contribution >= 0.6 is 23.2 Å². The molecule has 0 aliphatic carbocycles. The summed E-state index contributed by atoms with van der Waals surface area (Å²) in [6.45, 7) is 0.475. The number of carboxylic acid groups (broad SMARTS) is 1. The van der Waals surface area contributed by atoms with E-state index in [0.717, 1.165) is 0 Å². The van der Waals surface area contributed by atoms with E-state index in [1.807, 2.05) is 0 Å². The molecule has 1 aliphatic heterocycles. The Balaban J connectivity index is 1.60. The summed E-state index contributed by atoms with van der Waals surface area (Å²) in [5, 5.41) is 16.6. The van der Waals surface area contributed by atoms with E-state index in [4.69, 9.17) is 27.9 Å². The number of carboxylic acids is 1. The minimum Gasteiger partial charge on any atom is -0.478 e. The molecule has 0 saturated carbocycles. The predicted molar refractivity (Wildman–Crippen MR) is 117 cm³/mol. The first-order chi connectivity index (χ1) is 14.5. The molecule has 7 nitrogen and oxygen atoms in total.